The van der Waals surface area contributed by atoms with Crippen LogP contribution in [0.1, 0.15) is 60.3 Å². The van der Waals surface area contributed by atoms with E-state index in [0.717, 1.165) is 56.0 Å². The molecule has 6 aromatic rings. The Kier molecular flexibility index (Phi) is 12.5. The molecule has 1 aromatic heterocycles. The summed E-state index contributed by atoms with van der Waals surface area (Å²) in [6, 6.07) is 43.8. The Morgan fingerprint density at radius 1 is 0.745 bits per heavy atom. The van der Waals surface area contributed by atoms with Crippen molar-refractivity contribution in [2.75, 3.05) is 5.75 Å². The molecule has 7 rings (SSSR count). The van der Waals surface area contributed by atoms with Gasteiger partial charge in [-0.2, -0.15) is 0 Å². The first-order valence-electron chi connectivity index (χ1n) is 18.4. The lowest BCUT2D eigenvalue weighted by Crippen LogP contribution is -2.31. The third-order valence-electron chi connectivity index (χ3n) is 9.48. The van der Waals surface area contributed by atoms with Crippen molar-refractivity contribution in [1.29, 1.82) is 0 Å². The van der Waals surface area contributed by atoms with Crippen LogP contribution in [0.5, 0.6) is 0 Å². The topological polar surface area (TPSA) is 131 Å². The van der Waals surface area contributed by atoms with Crippen LogP contribution in [0.2, 0.25) is 0 Å². The number of nitrogens with one attached hydrogen (secondary N) is 1. The second-order valence-electron chi connectivity index (χ2n) is 13.4. The SMILES string of the molecule is O=C(O)CCCC(=O)NCc1ccccc1-c1ccc(C2OC(CSc3nc(-c4ccccc4)c(-c4ccccc4)o3)CC(c3ccc(CO)cc3)O2)cc1. The molecule has 3 atom stereocenters. The van der Waals surface area contributed by atoms with Crippen molar-refractivity contribution >= 4 is 23.6 Å². The van der Waals surface area contributed by atoms with E-state index >= 15 is 0 Å². The number of carboxylic acids is 1. The van der Waals surface area contributed by atoms with Gasteiger partial charge in [0.25, 0.3) is 5.22 Å². The average Bonchev–Trinajstić information content (AvgIpc) is 3.67. The molecule has 1 aliphatic heterocycles. The van der Waals surface area contributed by atoms with Gasteiger partial charge in [-0.1, -0.05) is 145 Å². The number of ether oxygens (including phenoxy) is 2. The number of oxazole rings is 1. The van der Waals surface area contributed by atoms with Crippen LogP contribution in [-0.2, 0) is 32.2 Å². The van der Waals surface area contributed by atoms with E-state index in [1.165, 1.54) is 11.8 Å². The summed E-state index contributed by atoms with van der Waals surface area (Å²) in [6.45, 7) is 0.302. The minimum atomic E-state index is -0.909. The van der Waals surface area contributed by atoms with Crippen LogP contribution in [-0.4, -0.2) is 38.9 Å². The Balaban J connectivity index is 1.09. The predicted molar refractivity (Wildman–Crippen MR) is 212 cm³/mol. The van der Waals surface area contributed by atoms with Crippen LogP contribution in [0.25, 0.3) is 33.7 Å². The van der Waals surface area contributed by atoms with E-state index < -0.39 is 12.3 Å². The van der Waals surface area contributed by atoms with Gasteiger partial charge in [0.1, 0.15) is 5.69 Å². The molecule has 10 heteroatoms. The highest BCUT2D eigenvalue weighted by Gasteiger charge is 2.33. The zero-order chi connectivity index (χ0) is 38.0. The second kappa shape index (κ2) is 18.2. The van der Waals surface area contributed by atoms with E-state index in [1.807, 2.05) is 133 Å². The zero-order valence-electron chi connectivity index (χ0n) is 30.2. The lowest BCUT2D eigenvalue weighted by atomic mass is 9.97. The van der Waals surface area contributed by atoms with Gasteiger partial charge >= 0.3 is 5.97 Å². The van der Waals surface area contributed by atoms with Gasteiger partial charge in [-0.3, -0.25) is 9.59 Å². The van der Waals surface area contributed by atoms with Crippen LogP contribution in [0.3, 0.4) is 0 Å². The van der Waals surface area contributed by atoms with Gasteiger partial charge in [0.2, 0.25) is 5.91 Å². The summed E-state index contributed by atoms with van der Waals surface area (Å²) in [4.78, 5) is 28.1. The minimum Gasteiger partial charge on any atom is -0.481 e. The van der Waals surface area contributed by atoms with Crippen LogP contribution < -0.4 is 5.32 Å². The first-order chi connectivity index (χ1) is 26.9. The minimum absolute atomic E-state index is 0.0302. The molecule has 55 heavy (non-hydrogen) atoms. The van der Waals surface area contributed by atoms with Crippen LogP contribution >= 0.6 is 11.8 Å². The quantitative estimate of drug-likeness (QED) is 0.0878. The summed E-state index contributed by atoms with van der Waals surface area (Å²) in [6.07, 6.45) is -0.0353. The molecule has 0 spiro atoms. The normalized spacial score (nSPS) is 16.8. The Morgan fingerprint density at radius 2 is 1.42 bits per heavy atom. The summed E-state index contributed by atoms with van der Waals surface area (Å²) in [5.74, 6) is 0.222. The predicted octanol–water partition coefficient (Wildman–Crippen LogP) is 9.38. The molecule has 0 radical (unpaired) electrons. The number of hydrogen-bond acceptors (Lipinski definition) is 8. The molecule has 1 aliphatic rings. The number of carbonyl (C=O) groups is 2. The van der Waals surface area contributed by atoms with Crippen LogP contribution in [0.15, 0.2) is 143 Å². The largest absolute Gasteiger partial charge is 0.481 e. The fourth-order valence-electron chi connectivity index (χ4n) is 6.58. The third-order valence-corrected chi connectivity index (χ3v) is 10.4. The van der Waals surface area contributed by atoms with Gasteiger partial charge < -0.3 is 29.4 Å². The van der Waals surface area contributed by atoms with Gasteiger partial charge in [-0.25, -0.2) is 4.98 Å². The standard InChI is InChI=1S/C45H42N2O7S/c48-28-30-18-20-32(21-19-30)39-26-37(29-55-45-47-42(33-10-3-1-4-11-33)43(54-45)34-12-5-2-6-13-34)52-44(53-39)35-24-22-31(23-25-35)38-15-8-7-14-36(38)27-46-40(49)16-9-17-41(50)51/h1-8,10-15,18-25,37,39,44,48H,9,16-17,26-29H2,(H,46,49)(H,50,51). The van der Waals surface area contributed by atoms with Crippen molar-refractivity contribution in [1.82, 2.24) is 10.3 Å². The molecule has 3 N–H and O–H groups in total. The third kappa shape index (κ3) is 9.78. The molecular weight excluding hydrogens is 713 g/mol. The molecule has 280 valence electrons. The maximum atomic E-state index is 12.4. The lowest BCUT2D eigenvalue weighted by Gasteiger charge is -2.36. The van der Waals surface area contributed by atoms with Crippen molar-refractivity contribution in [3.8, 4) is 33.7 Å². The smallest absolute Gasteiger partial charge is 0.303 e. The van der Waals surface area contributed by atoms with E-state index in [9.17, 15) is 14.7 Å². The summed E-state index contributed by atoms with van der Waals surface area (Å²) in [5.41, 5.74) is 8.35. The number of aromatic nitrogens is 1. The molecule has 1 amide bonds. The second-order valence-corrected chi connectivity index (χ2v) is 14.3. The Bertz CT molecular complexity index is 2120. The van der Waals surface area contributed by atoms with E-state index in [4.69, 9.17) is 24.0 Å². The fourth-order valence-corrected chi connectivity index (χ4v) is 7.43. The number of aliphatic hydroxyl groups is 1. The molecular formula is C45H42N2O7S. The molecule has 5 aromatic carbocycles. The van der Waals surface area contributed by atoms with Gasteiger partial charge in [0.15, 0.2) is 12.1 Å². The maximum absolute atomic E-state index is 12.4. The van der Waals surface area contributed by atoms with Gasteiger partial charge in [0.05, 0.1) is 18.8 Å². The number of carboxylic acid groups (broad SMARTS) is 1. The van der Waals surface area contributed by atoms with Gasteiger partial charge in [0, 0.05) is 48.3 Å². The molecule has 0 saturated carbocycles. The highest BCUT2D eigenvalue weighted by Crippen LogP contribution is 2.41. The van der Waals surface area contributed by atoms with E-state index in [-0.39, 0.29) is 37.6 Å². The first-order valence-corrected chi connectivity index (χ1v) is 19.3. The number of nitrogens with zero attached hydrogens (tertiary/aromatic N) is 1. The molecule has 3 unspecified atom stereocenters. The van der Waals surface area contributed by atoms with Crippen molar-refractivity contribution in [3.05, 3.63) is 156 Å². The van der Waals surface area contributed by atoms with Gasteiger partial charge in [-0.15, -0.1) is 0 Å². The molecule has 0 bridgehead atoms. The van der Waals surface area contributed by atoms with Crippen molar-refractivity contribution < 1.29 is 33.7 Å². The number of benzene rings is 5. The number of aliphatic carboxylic acids is 1. The van der Waals surface area contributed by atoms with E-state index in [2.05, 4.69) is 5.32 Å². The summed E-state index contributed by atoms with van der Waals surface area (Å²) in [7, 11) is 0. The maximum Gasteiger partial charge on any atom is 0.303 e. The highest BCUT2D eigenvalue weighted by atomic mass is 32.2. The van der Waals surface area contributed by atoms with E-state index in [0.29, 0.717) is 30.4 Å². The number of amides is 1. The first kappa shape index (κ1) is 37.8. The average molecular weight is 755 g/mol. The zero-order valence-corrected chi connectivity index (χ0v) is 31.0. The summed E-state index contributed by atoms with van der Waals surface area (Å²) < 4.78 is 19.7. The Hall–Kier alpha value is -5.52. The van der Waals surface area contributed by atoms with Crippen molar-refractivity contribution in [2.24, 2.45) is 0 Å². The number of thioether (sulfide) groups is 1. The van der Waals surface area contributed by atoms with Crippen LogP contribution in [0, 0.1) is 0 Å². The lowest BCUT2D eigenvalue weighted by molar-refractivity contribution is -0.245. The number of aliphatic hydroxyl groups excluding tert-OH is 1. The molecule has 1 saturated heterocycles. The van der Waals surface area contributed by atoms with Gasteiger partial charge in [-0.05, 0) is 34.2 Å². The Morgan fingerprint density at radius 3 is 2.13 bits per heavy atom. The van der Waals surface area contributed by atoms with Crippen molar-refractivity contribution in [3.63, 3.8) is 0 Å². The molecule has 9 nitrogen and oxygen atoms in total. The fraction of sp³-hybridized carbons (Fsp3) is 0.222. The number of carbonyl (C=O) groups excluding carboxylic acids is 1. The summed E-state index contributed by atoms with van der Waals surface area (Å²) in [5, 5.41) is 22.0. The molecule has 0 aliphatic carbocycles. The summed E-state index contributed by atoms with van der Waals surface area (Å²) >= 11 is 1.52. The molecule has 1 fully saturated rings. The van der Waals surface area contributed by atoms with Crippen LogP contribution in [0.4, 0.5) is 0 Å². The van der Waals surface area contributed by atoms with Crippen molar-refractivity contribution in [2.45, 2.75) is 62.6 Å². The van der Waals surface area contributed by atoms with E-state index in [1.54, 1.807) is 0 Å². The Labute approximate surface area is 324 Å². The number of rotatable bonds is 15. The monoisotopic (exact) mass is 754 g/mol. The highest BCUT2D eigenvalue weighted by molar-refractivity contribution is 7.99. The molecule has 2 heterocycles. The number of hydrogen-bond donors (Lipinski definition) is 3.